The molecule has 1 heteroatoms. The van der Waals surface area contributed by atoms with E-state index in [9.17, 15) is 0 Å². The molecule has 0 aliphatic heterocycles. The zero-order valence-corrected chi connectivity index (χ0v) is 22.2. The fourth-order valence-electron chi connectivity index (χ4n) is 6.51. The molecule has 0 saturated heterocycles. The summed E-state index contributed by atoms with van der Waals surface area (Å²) in [5.74, 6) is 0. The van der Waals surface area contributed by atoms with Gasteiger partial charge in [-0.3, -0.25) is 4.98 Å². The van der Waals surface area contributed by atoms with Crippen LogP contribution in [0.5, 0.6) is 0 Å². The molecule has 1 aliphatic rings. The molecule has 5 aromatic carbocycles. The van der Waals surface area contributed by atoms with E-state index in [-0.39, 0.29) is 10.8 Å². The second-order valence-corrected chi connectivity index (χ2v) is 12.1. The van der Waals surface area contributed by atoms with Crippen LogP contribution in [-0.4, -0.2) is 4.98 Å². The molecule has 180 valence electrons. The molecule has 0 N–H and O–H groups in total. The second kappa shape index (κ2) is 7.52. The minimum atomic E-state index is -0.148. The molecular formula is C36H31N. The molecule has 1 aliphatic carbocycles. The summed E-state index contributed by atoms with van der Waals surface area (Å²) in [5, 5.41) is 7.78. The van der Waals surface area contributed by atoms with Crippen LogP contribution in [0.25, 0.3) is 54.7 Å². The largest absolute Gasteiger partial charge is 0.256 e. The fraction of sp³-hybridized carbons (Fsp3) is 0.194. The van der Waals surface area contributed by atoms with E-state index in [0.29, 0.717) is 0 Å². The maximum atomic E-state index is 5.01. The predicted molar refractivity (Wildman–Crippen MR) is 158 cm³/mol. The summed E-state index contributed by atoms with van der Waals surface area (Å²) in [6, 6.07) is 33.8. The summed E-state index contributed by atoms with van der Waals surface area (Å²) in [4.78, 5) is 5.01. The molecule has 1 heterocycles. The van der Waals surface area contributed by atoms with Crippen molar-refractivity contribution in [3.05, 3.63) is 114 Å². The summed E-state index contributed by atoms with van der Waals surface area (Å²) < 4.78 is 0. The molecule has 0 saturated carbocycles. The molecule has 7 rings (SSSR count). The number of rotatable bonds is 1. The van der Waals surface area contributed by atoms with E-state index in [1.165, 1.54) is 65.7 Å². The average Bonchev–Trinajstić information content (AvgIpc) is 3.14. The van der Waals surface area contributed by atoms with Gasteiger partial charge in [0.15, 0.2) is 0 Å². The van der Waals surface area contributed by atoms with Gasteiger partial charge in [0.25, 0.3) is 0 Å². The van der Waals surface area contributed by atoms with Crippen molar-refractivity contribution in [3.63, 3.8) is 0 Å². The van der Waals surface area contributed by atoms with E-state index < -0.39 is 0 Å². The first kappa shape index (κ1) is 22.2. The Balaban J connectivity index is 1.46. The third-order valence-electron chi connectivity index (χ3n) is 8.40. The first-order valence-electron chi connectivity index (χ1n) is 13.2. The summed E-state index contributed by atoms with van der Waals surface area (Å²) >= 11 is 0. The summed E-state index contributed by atoms with van der Waals surface area (Å²) in [7, 11) is 0. The summed E-state index contributed by atoms with van der Waals surface area (Å²) in [5.41, 5.74) is 9.01. The van der Waals surface area contributed by atoms with Gasteiger partial charge in [-0.1, -0.05) is 113 Å². The molecule has 1 aromatic heterocycles. The smallest absolute Gasteiger partial charge is 0.0749 e. The van der Waals surface area contributed by atoms with Crippen LogP contribution >= 0.6 is 0 Å². The van der Waals surface area contributed by atoms with Crippen molar-refractivity contribution in [2.45, 2.75) is 45.4 Å². The van der Waals surface area contributed by atoms with Crippen molar-refractivity contribution >= 4 is 32.3 Å². The first-order chi connectivity index (χ1) is 17.7. The normalized spacial score (nSPS) is 14.3. The van der Waals surface area contributed by atoms with Gasteiger partial charge in [-0.25, -0.2) is 0 Å². The Morgan fingerprint density at radius 2 is 1.30 bits per heavy atom. The Morgan fingerprint density at radius 3 is 2.14 bits per heavy atom. The van der Waals surface area contributed by atoms with Crippen LogP contribution in [0.1, 0.15) is 51.3 Å². The minimum Gasteiger partial charge on any atom is -0.256 e. The third-order valence-corrected chi connectivity index (χ3v) is 8.40. The molecule has 0 bridgehead atoms. The molecule has 0 unspecified atom stereocenters. The second-order valence-electron chi connectivity index (χ2n) is 12.1. The van der Waals surface area contributed by atoms with Gasteiger partial charge < -0.3 is 0 Å². The Hall–Kier alpha value is -3.97. The van der Waals surface area contributed by atoms with Gasteiger partial charge in [0, 0.05) is 17.2 Å². The van der Waals surface area contributed by atoms with E-state index >= 15 is 0 Å². The molecule has 37 heavy (non-hydrogen) atoms. The highest BCUT2D eigenvalue weighted by Crippen LogP contribution is 2.53. The standard InChI is InChI=1S/C36H31N/c1-35(2,3)26-15-17-27-24(20-26)12-10-23-11-13-25(21-31(23)27)34-33-30(18-19-37-34)29-16-14-22-8-6-7-9-28(22)32(29)36(33,4)5/h6-21H,1-5H3. The van der Waals surface area contributed by atoms with Gasteiger partial charge in [-0.2, -0.15) is 0 Å². The van der Waals surface area contributed by atoms with E-state index in [1.54, 1.807) is 0 Å². The number of pyridine rings is 1. The molecule has 0 spiro atoms. The number of aromatic nitrogens is 1. The van der Waals surface area contributed by atoms with E-state index in [1.807, 2.05) is 6.20 Å². The number of fused-ring (bicyclic) bond motifs is 8. The molecular weight excluding hydrogens is 446 g/mol. The molecule has 0 atom stereocenters. The highest BCUT2D eigenvalue weighted by Gasteiger charge is 2.39. The van der Waals surface area contributed by atoms with Crippen LogP contribution in [0.4, 0.5) is 0 Å². The van der Waals surface area contributed by atoms with Crippen LogP contribution in [0.15, 0.2) is 97.2 Å². The third kappa shape index (κ3) is 3.20. The van der Waals surface area contributed by atoms with Gasteiger partial charge in [0.1, 0.15) is 0 Å². The molecule has 0 radical (unpaired) electrons. The number of benzene rings is 5. The Bertz CT molecular complexity index is 1880. The van der Waals surface area contributed by atoms with Crippen molar-refractivity contribution in [1.29, 1.82) is 0 Å². The molecule has 0 amide bonds. The monoisotopic (exact) mass is 477 g/mol. The molecule has 6 aromatic rings. The average molecular weight is 478 g/mol. The Morgan fingerprint density at radius 1 is 0.595 bits per heavy atom. The predicted octanol–water partition coefficient (Wildman–Crippen LogP) is 9.81. The minimum absolute atomic E-state index is 0.129. The van der Waals surface area contributed by atoms with Gasteiger partial charge in [0.05, 0.1) is 5.69 Å². The maximum Gasteiger partial charge on any atom is 0.0749 e. The van der Waals surface area contributed by atoms with E-state index in [2.05, 4.69) is 126 Å². The van der Waals surface area contributed by atoms with Gasteiger partial charge in [-0.05, 0) is 77.7 Å². The SMILES string of the molecule is CC(C)(C)c1ccc2c(ccc3ccc(-c4nccc5c4C(C)(C)c4c-5ccc5ccccc45)cc32)c1. The topological polar surface area (TPSA) is 12.9 Å². The number of hydrogen-bond acceptors (Lipinski definition) is 1. The zero-order chi connectivity index (χ0) is 25.5. The van der Waals surface area contributed by atoms with Crippen LogP contribution < -0.4 is 0 Å². The summed E-state index contributed by atoms with van der Waals surface area (Å²) in [6.45, 7) is 11.5. The highest BCUT2D eigenvalue weighted by atomic mass is 14.7. The Labute approximate surface area is 218 Å². The van der Waals surface area contributed by atoms with Crippen molar-refractivity contribution in [2.24, 2.45) is 0 Å². The van der Waals surface area contributed by atoms with E-state index in [0.717, 1.165) is 5.69 Å². The molecule has 0 fully saturated rings. The molecule has 1 nitrogen and oxygen atoms in total. The van der Waals surface area contributed by atoms with Crippen LogP contribution in [-0.2, 0) is 10.8 Å². The fourth-order valence-corrected chi connectivity index (χ4v) is 6.51. The van der Waals surface area contributed by atoms with Crippen LogP contribution in [0.3, 0.4) is 0 Å². The Kier molecular flexibility index (Phi) is 4.52. The maximum absolute atomic E-state index is 5.01. The first-order valence-corrected chi connectivity index (χ1v) is 13.2. The quantitative estimate of drug-likeness (QED) is 0.215. The lowest BCUT2D eigenvalue weighted by Crippen LogP contribution is -2.17. The zero-order valence-electron chi connectivity index (χ0n) is 22.2. The lowest BCUT2D eigenvalue weighted by atomic mass is 9.78. The summed E-state index contributed by atoms with van der Waals surface area (Å²) in [6.07, 6.45) is 1.98. The van der Waals surface area contributed by atoms with Crippen LogP contribution in [0, 0.1) is 0 Å². The van der Waals surface area contributed by atoms with Crippen molar-refractivity contribution in [2.75, 3.05) is 0 Å². The van der Waals surface area contributed by atoms with Crippen LogP contribution in [0.2, 0.25) is 0 Å². The highest BCUT2D eigenvalue weighted by molar-refractivity contribution is 6.09. The van der Waals surface area contributed by atoms with Crippen molar-refractivity contribution < 1.29 is 0 Å². The van der Waals surface area contributed by atoms with Crippen molar-refractivity contribution in [3.8, 4) is 22.4 Å². The van der Waals surface area contributed by atoms with Gasteiger partial charge in [0.2, 0.25) is 0 Å². The van der Waals surface area contributed by atoms with Crippen molar-refractivity contribution in [1.82, 2.24) is 4.98 Å². The lowest BCUT2D eigenvalue weighted by Gasteiger charge is -2.25. The number of hydrogen-bond donors (Lipinski definition) is 0. The lowest BCUT2D eigenvalue weighted by molar-refractivity contribution is 0.591. The van der Waals surface area contributed by atoms with Gasteiger partial charge >= 0.3 is 0 Å². The van der Waals surface area contributed by atoms with Gasteiger partial charge in [-0.15, -0.1) is 0 Å². The van der Waals surface area contributed by atoms with E-state index in [4.69, 9.17) is 4.98 Å². The number of nitrogens with zero attached hydrogens (tertiary/aromatic N) is 1.